The number of ketones is 1. The van der Waals surface area contributed by atoms with Crippen LogP contribution >= 0.6 is 11.6 Å². The molecule has 0 aromatic heterocycles. The van der Waals surface area contributed by atoms with Crippen molar-refractivity contribution < 1.29 is 9.59 Å². The Kier molecular flexibility index (Phi) is 7.32. The number of halogens is 1. The van der Waals surface area contributed by atoms with Crippen LogP contribution in [0, 0.1) is 5.92 Å². The summed E-state index contributed by atoms with van der Waals surface area (Å²) in [5, 5.41) is 10.0. The van der Waals surface area contributed by atoms with Gasteiger partial charge >= 0.3 is 0 Å². The lowest BCUT2D eigenvalue weighted by atomic mass is 10.1. The van der Waals surface area contributed by atoms with Gasteiger partial charge in [0.1, 0.15) is 6.17 Å². The third kappa shape index (κ3) is 5.61. The summed E-state index contributed by atoms with van der Waals surface area (Å²) in [4.78, 5) is 26.6. The molecule has 35 heavy (non-hydrogen) atoms. The van der Waals surface area contributed by atoms with Gasteiger partial charge in [-0.05, 0) is 60.2 Å². The molecule has 0 bridgehead atoms. The minimum atomic E-state index is -0.397. The Morgan fingerprint density at radius 2 is 1.57 bits per heavy atom. The lowest BCUT2D eigenvalue weighted by Gasteiger charge is -2.29. The first kappa shape index (κ1) is 24.2. The third-order valence-electron chi connectivity index (χ3n) is 5.55. The molecule has 0 radical (unpaired) electrons. The molecule has 1 atom stereocenters. The first-order valence-corrected chi connectivity index (χ1v) is 11.8. The zero-order chi connectivity index (χ0) is 24.9. The molecular formula is C28H27ClN4O2. The summed E-state index contributed by atoms with van der Waals surface area (Å²) < 4.78 is 0. The second-order valence-corrected chi connectivity index (χ2v) is 8.98. The van der Waals surface area contributed by atoms with Crippen molar-refractivity contribution >= 4 is 52.3 Å². The molecule has 0 fully saturated rings. The van der Waals surface area contributed by atoms with Crippen LogP contribution < -0.4 is 15.2 Å². The van der Waals surface area contributed by atoms with E-state index in [1.165, 1.54) is 6.92 Å². The molecule has 0 spiro atoms. The molecule has 3 aromatic rings. The summed E-state index contributed by atoms with van der Waals surface area (Å²) in [5.74, 6) is -0.00831. The predicted octanol–water partition coefficient (Wildman–Crippen LogP) is 6.20. The molecule has 0 saturated heterocycles. The van der Waals surface area contributed by atoms with Crippen LogP contribution in [-0.2, 0) is 9.59 Å². The Morgan fingerprint density at radius 1 is 0.943 bits per heavy atom. The number of nitrogens with one attached hydrogen (secondary N) is 1. The fourth-order valence-electron chi connectivity index (χ4n) is 3.68. The minimum absolute atomic E-state index is 0.0532. The van der Waals surface area contributed by atoms with Gasteiger partial charge < -0.3 is 5.32 Å². The summed E-state index contributed by atoms with van der Waals surface area (Å²) >= 11 is 6.11. The van der Waals surface area contributed by atoms with E-state index in [2.05, 4.69) is 5.32 Å². The highest BCUT2D eigenvalue weighted by molar-refractivity contribution is 6.44. The van der Waals surface area contributed by atoms with Crippen molar-refractivity contribution in [2.45, 2.75) is 26.9 Å². The number of hydrogen-bond donors (Lipinski definition) is 1. The Labute approximate surface area is 210 Å². The molecule has 4 rings (SSSR count). The summed E-state index contributed by atoms with van der Waals surface area (Å²) in [6, 6.07) is 24.7. The molecule has 1 aliphatic rings. The number of carbonyl (C=O) groups excluding carboxylic acids is 2. The zero-order valence-electron chi connectivity index (χ0n) is 19.9. The summed E-state index contributed by atoms with van der Waals surface area (Å²) in [6.45, 7) is 5.20. The van der Waals surface area contributed by atoms with Crippen LogP contribution in [0.5, 0.6) is 0 Å². The maximum Gasteiger partial charge on any atom is 0.226 e. The second-order valence-electron chi connectivity index (χ2n) is 8.55. The van der Waals surface area contributed by atoms with Crippen molar-refractivity contribution in [3.8, 4) is 0 Å². The topological polar surface area (TPSA) is 65.0 Å². The van der Waals surface area contributed by atoms with Crippen LogP contribution in [0.3, 0.4) is 0 Å². The van der Waals surface area contributed by atoms with Gasteiger partial charge in [0, 0.05) is 29.2 Å². The maximum atomic E-state index is 12.7. The number of Topliss-reactive ketones (excluding diaryl/α,β-unsaturated/α-hetero) is 1. The molecule has 0 saturated carbocycles. The number of anilines is 3. The average molecular weight is 487 g/mol. The standard InChI is InChI=1S/C28H27ClN4O2/c1-19(2)28(35)30-23-12-16-24(17-13-23)32-26(18-9-21-7-5-4-6-8-21)33(31-27(32)20(3)34)25-14-10-22(29)11-15-25/h4-19,26H,1-3H3,(H,30,35)/b18-9+/t26-/m0/s1. The van der Waals surface area contributed by atoms with Gasteiger partial charge in [0.25, 0.3) is 0 Å². The Balaban J connectivity index is 1.73. The van der Waals surface area contributed by atoms with Crippen LogP contribution in [-0.4, -0.2) is 23.7 Å². The molecule has 6 nitrogen and oxygen atoms in total. The highest BCUT2D eigenvalue weighted by Gasteiger charge is 2.36. The smallest absolute Gasteiger partial charge is 0.226 e. The molecule has 1 N–H and O–H groups in total. The predicted molar refractivity (Wildman–Crippen MR) is 144 cm³/mol. The molecule has 0 aliphatic carbocycles. The largest absolute Gasteiger partial charge is 0.326 e. The molecule has 178 valence electrons. The number of carbonyl (C=O) groups is 2. The monoisotopic (exact) mass is 486 g/mol. The molecule has 1 heterocycles. The molecular weight excluding hydrogens is 460 g/mol. The number of amides is 1. The van der Waals surface area contributed by atoms with Gasteiger partial charge in [0.05, 0.1) is 5.69 Å². The Bertz CT molecular complexity index is 1250. The van der Waals surface area contributed by atoms with Crippen molar-refractivity contribution in [1.29, 1.82) is 0 Å². The average Bonchev–Trinajstić information content (AvgIpc) is 3.24. The van der Waals surface area contributed by atoms with E-state index in [0.29, 0.717) is 16.5 Å². The summed E-state index contributed by atoms with van der Waals surface area (Å²) in [7, 11) is 0. The fraction of sp³-hybridized carbons (Fsp3) is 0.179. The van der Waals surface area contributed by atoms with Crippen LogP contribution in [0.25, 0.3) is 6.08 Å². The quantitative estimate of drug-likeness (QED) is 0.431. The van der Waals surface area contributed by atoms with Gasteiger partial charge in [-0.15, -0.1) is 5.10 Å². The third-order valence-corrected chi connectivity index (χ3v) is 5.80. The van der Waals surface area contributed by atoms with E-state index in [1.807, 2.05) is 97.6 Å². The SMILES string of the molecule is CC(=O)C1=NN(c2ccc(Cl)cc2)[C@@H](/C=C/c2ccccc2)N1c1ccc(NC(=O)C(C)C)cc1. The Morgan fingerprint density at radius 3 is 2.17 bits per heavy atom. The number of amidine groups is 1. The van der Waals surface area contributed by atoms with Crippen molar-refractivity contribution in [2.24, 2.45) is 11.0 Å². The first-order valence-electron chi connectivity index (χ1n) is 11.4. The van der Waals surface area contributed by atoms with Crippen molar-refractivity contribution in [3.05, 3.63) is 95.5 Å². The van der Waals surface area contributed by atoms with E-state index in [-0.39, 0.29) is 17.6 Å². The van der Waals surface area contributed by atoms with Gasteiger partial charge in [-0.25, -0.2) is 5.01 Å². The van der Waals surface area contributed by atoms with Crippen molar-refractivity contribution in [3.63, 3.8) is 0 Å². The Hall–Kier alpha value is -3.90. The highest BCUT2D eigenvalue weighted by Crippen LogP contribution is 2.32. The van der Waals surface area contributed by atoms with Crippen molar-refractivity contribution in [2.75, 3.05) is 15.2 Å². The highest BCUT2D eigenvalue weighted by atomic mass is 35.5. The molecule has 1 amide bonds. The number of benzene rings is 3. The van der Waals surface area contributed by atoms with Gasteiger partial charge in [-0.2, -0.15) is 0 Å². The van der Waals surface area contributed by atoms with Crippen molar-refractivity contribution in [1.82, 2.24) is 0 Å². The van der Waals surface area contributed by atoms with Gasteiger partial charge in [0.2, 0.25) is 5.91 Å². The molecule has 3 aromatic carbocycles. The molecule has 0 unspecified atom stereocenters. The zero-order valence-corrected chi connectivity index (χ0v) is 20.6. The van der Waals surface area contributed by atoms with E-state index in [1.54, 1.807) is 17.1 Å². The van der Waals surface area contributed by atoms with Gasteiger partial charge in [-0.3, -0.25) is 14.5 Å². The van der Waals surface area contributed by atoms with Crippen LogP contribution in [0.4, 0.5) is 17.1 Å². The summed E-state index contributed by atoms with van der Waals surface area (Å²) in [5.41, 5.74) is 3.31. The number of hydrazone groups is 1. The van der Waals surface area contributed by atoms with E-state index in [9.17, 15) is 9.59 Å². The number of hydrogen-bond acceptors (Lipinski definition) is 5. The van der Waals surface area contributed by atoms with Gasteiger partial charge in [0.15, 0.2) is 11.6 Å². The van der Waals surface area contributed by atoms with E-state index < -0.39 is 6.17 Å². The lowest BCUT2D eigenvalue weighted by molar-refractivity contribution is -0.119. The van der Waals surface area contributed by atoms with E-state index in [0.717, 1.165) is 16.9 Å². The molecule has 7 heteroatoms. The van der Waals surface area contributed by atoms with E-state index in [4.69, 9.17) is 16.7 Å². The van der Waals surface area contributed by atoms with Gasteiger partial charge in [-0.1, -0.05) is 61.9 Å². The van der Waals surface area contributed by atoms with Crippen LogP contribution in [0.15, 0.2) is 90.0 Å². The lowest BCUT2D eigenvalue weighted by Crippen LogP contribution is -2.43. The molecule has 1 aliphatic heterocycles. The normalized spacial score (nSPS) is 15.6. The number of rotatable bonds is 7. The van der Waals surface area contributed by atoms with Crippen LogP contribution in [0.1, 0.15) is 26.3 Å². The first-order chi connectivity index (χ1) is 16.8. The summed E-state index contributed by atoms with van der Waals surface area (Å²) in [6.07, 6.45) is 3.63. The van der Waals surface area contributed by atoms with Crippen LogP contribution in [0.2, 0.25) is 5.02 Å². The van der Waals surface area contributed by atoms with E-state index >= 15 is 0 Å². The maximum absolute atomic E-state index is 12.7. The number of nitrogens with zero attached hydrogens (tertiary/aromatic N) is 3. The minimum Gasteiger partial charge on any atom is -0.326 e. The second kappa shape index (κ2) is 10.6. The fourth-order valence-corrected chi connectivity index (χ4v) is 3.81.